The van der Waals surface area contributed by atoms with E-state index in [1.165, 1.54) is 4.88 Å². The fraction of sp³-hybridized carbons (Fsp3) is 0.727. The van der Waals surface area contributed by atoms with Gasteiger partial charge in [-0.2, -0.15) is 11.8 Å². The van der Waals surface area contributed by atoms with Crippen molar-refractivity contribution in [2.75, 3.05) is 18.6 Å². The third-order valence-electron chi connectivity index (χ3n) is 2.40. The van der Waals surface area contributed by atoms with Crippen LogP contribution in [0.15, 0.2) is 6.20 Å². The molecule has 2 N–H and O–H groups in total. The summed E-state index contributed by atoms with van der Waals surface area (Å²) in [6.07, 6.45) is 4.84. The van der Waals surface area contributed by atoms with Crippen LogP contribution in [0.25, 0.3) is 0 Å². The molecule has 0 aromatic carbocycles. The molecule has 92 valence electrons. The van der Waals surface area contributed by atoms with Gasteiger partial charge < -0.3 is 10.4 Å². The molecule has 0 radical (unpaired) electrons. The Morgan fingerprint density at radius 3 is 2.88 bits per heavy atom. The SMILES string of the molecule is CSCC(CCO)NC(C)c1cnc(C)s1. The molecule has 1 heterocycles. The number of aromatic nitrogens is 1. The van der Waals surface area contributed by atoms with E-state index in [0.29, 0.717) is 12.1 Å². The monoisotopic (exact) mass is 260 g/mol. The molecule has 0 saturated carbocycles. The summed E-state index contributed by atoms with van der Waals surface area (Å²) in [5.41, 5.74) is 0. The standard InChI is InChI=1S/C11H20N2OS2/c1-8(11-6-12-9(2)16-11)13-10(4-5-14)7-15-3/h6,8,10,13-14H,4-5,7H2,1-3H3. The second kappa shape index (κ2) is 7.27. The van der Waals surface area contributed by atoms with Gasteiger partial charge in [0, 0.05) is 35.5 Å². The van der Waals surface area contributed by atoms with Crippen LogP contribution in [0.3, 0.4) is 0 Å². The number of nitrogens with one attached hydrogen (secondary N) is 1. The number of thioether (sulfide) groups is 1. The van der Waals surface area contributed by atoms with Crippen molar-refractivity contribution in [3.8, 4) is 0 Å². The Hall–Kier alpha value is -0.100. The van der Waals surface area contributed by atoms with Crippen molar-refractivity contribution in [3.63, 3.8) is 0 Å². The molecule has 1 aromatic heterocycles. The number of aliphatic hydroxyl groups is 1. The van der Waals surface area contributed by atoms with Crippen LogP contribution in [0.1, 0.15) is 29.3 Å². The van der Waals surface area contributed by atoms with Gasteiger partial charge in [0.25, 0.3) is 0 Å². The maximum Gasteiger partial charge on any atom is 0.0897 e. The van der Waals surface area contributed by atoms with Gasteiger partial charge in [-0.05, 0) is 26.5 Å². The minimum atomic E-state index is 0.243. The molecule has 1 aromatic rings. The molecule has 3 nitrogen and oxygen atoms in total. The fourth-order valence-corrected chi connectivity index (χ4v) is 3.05. The fourth-order valence-electron chi connectivity index (χ4n) is 1.59. The first kappa shape index (κ1) is 14.0. The number of hydrogen-bond acceptors (Lipinski definition) is 5. The van der Waals surface area contributed by atoms with Gasteiger partial charge in [-0.25, -0.2) is 4.98 Å². The predicted octanol–water partition coefficient (Wildman–Crippen LogP) is 2.22. The molecule has 0 amide bonds. The van der Waals surface area contributed by atoms with Crippen molar-refractivity contribution in [3.05, 3.63) is 16.1 Å². The van der Waals surface area contributed by atoms with E-state index in [-0.39, 0.29) is 6.61 Å². The lowest BCUT2D eigenvalue weighted by atomic mass is 10.2. The first-order valence-electron chi connectivity index (χ1n) is 5.45. The van der Waals surface area contributed by atoms with Crippen molar-refractivity contribution in [1.29, 1.82) is 0 Å². The van der Waals surface area contributed by atoms with Gasteiger partial charge in [-0.3, -0.25) is 0 Å². The third-order valence-corrected chi connectivity index (χ3v) is 4.23. The summed E-state index contributed by atoms with van der Waals surface area (Å²) in [7, 11) is 0. The van der Waals surface area contributed by atoms with E-state index in [1.807, 2.05) is 13.1 Å². The van der Waals surface area contributed by atoms with Crippen LogP contribution in [0.4, 0.5) is 0 Å². The van der Waals surface area contributed by atoms with Crippen molar-refractivity contribution >= 4 is 23.1 Å². The number of thiazole rings is 1. The van der Waals surface area contributed by atoms with Gasteiger partial charge in [0.1, 0.15) is 0 Å². The Labute approximate surface area is 106 Å². The molecule has 0 aliphatic rings. The average Bonchev–Trinajstić information content (AvgIpc) is 2.65. The second-order valence-corrected chi connectivity index (χ2v) is 6.01. The molecular weight excluding hydrogens is 240 g/mol. The highest BCUT2D eigenvalue weighted by Crippen LogP contribution is 2.21. The number of hydrogen-bond donors (Lipinski definition) is 2. The van der Waals surface area contributed by atoms with E-state index in [9.17, 15) is 0 Å². The molecule has 0 aliphatic heterocycles. The van der Waals surface area contributed by atoms with Gasteiger partial charge in [-0.1, -0.05) is 0 Å². The van der Waals surface area contributed by atoms with E-state index in [2.05, 4.69) is 23.5 Å². The molecular formula is C11H20N2OS2. The van der Waals surface area contributed by atoms with Crippen LogP contribution in [-0.2, 0) is 0 Å². The lowest BCUT2D eigenvalue weighted by Gasteiger charge is -2.21. The molecule has 5 heteroatoms. The van der Waals surface area contributed by atoms with Crippen LogP contribution in [0, 0.1) is 6.92 Å². The topological polar surface area (TPSA) is 45.1 Å². The summed E-state index contributed by atoms with van der Waals surface area (Å²) in [6.45, 7) is 4.41. The first-order chi connectivity index (χ1) is 7.67. The minimum Gasteiger partial charge on any atom is -0.396 e. The number of rotatable bonds is 7. The van der Waals surface area contributed by atoms with Crippen LogP contribution < -0.4 is 5.32 Å². The molecule has 0 saturated heterocycles. The summed E-state index contributed by atoms with van der Waals surface area (Å²) >= 11 is 3.54. The highest BCUT2D eigenvalue weighted by Gasteiger charge is 2.14. The molecule has 0 fully saturated rings. The van der Waals surface area contributed by atoms with Crippen molar-refractivity contribution < 1.29 is 5.11 Å². The highest BCUT2D eigenvalue weighted by molar-refractivity contribution is 7.98. The molecule has 1 rings (SSSR count). The zero-order valence-electron chi connectivity index (χ0n) is 10.1. The predicted molar refractivity (Wildman–Crippen MR) is 72.3 cm³/mol. The molecule has 16 heavy (non-hydrogen) atoms. The first-order valence-corrected chi connectivity index (χ1v) is 7.66. The minimum absolute atomic E-state index is 0.243. The van der Waals surface area contributed by atoms with Gasteiger partial charge >= 0.3 is 0 Å². The largest absolute Gasteiger partial charge is 0.396 e. The summed E-state index contributed by atoms with van der Waals surface area (Å²) < 4.78 is 0. The molecule has 2 unspecified atom stereocenters. The van der Waals surface area contributed by atoms with Crippen molar-refractivity contribution in [2.24, 2.45) is 0 Å². The summed E-state index contributed by atoms with van der Waals surface area (Å²) in [5.74, 6) is 1.03. The number of nitrogens with zero attached hydrogens (tertiary/aromatic N) is 1. The molecule has 0 bridgehead atoms. The van der Waals surface area contributed by atoms with E-state index in [4.69, 9.17) is 5.11 Å². The van der Waals surface area contributed by atoms with Gasteiger partial charge in [0.05, 0.1) is 5.01 Å². The van der Waals surface area contributed by atoms with E-state index in [1.54, 1.807) is 23.1 Å². The molecule has 0 aliphatic carbocycles. The maximum absolute atomic E-state index is 8.99. The quantitative estimate of drug-likeness (QED) is 0.789. The summed E-state index contributed by atoms with van der Waals surface area (Å²) in [6, 6.07) is 0.687. The Kier molecular flexibility index (Phi) is 6.34. The Balaban J connectivity index is 2.50. The normalized spacial score (nSPS) is 15.0. The third kappa shape index (κ3) is 4.41. The lowest BCUT2D eigenvalue weighted by molar-refractivity contribution is 0.266. The van der Waals surface area contributed by atoms with Crippen LogP contribution in [0.5, 0.6) is 0 Å². The zero-order chi connectivity index (χ0) is 12.0. The smallest absolute Gasteiger partial charge is 0.0897 e. The lowest BCUT2D eigenvalue weighted by Crippen LogP contribution is -2.34. The van der Waals surface area contributed by atoms with Crippen LogP contribution >= 0.6 is 23.1 Å². The number of aryl methyl sites for hydroxylation is 1. The second-order valence-electron chi connectivity index (χ2n) is 3.83. The summed E-state index contributed by atoms with van der Waals surface area (Å²) in [4.78, 5) is 5.53. The van der Waals surface area contributed by atoms with Gasteiger partial charge in [0.2, 0.25) is 0 Å². The van der Waals surface area contributed by atoms with E-state index >= 15 is 0 Å². The van der Waals surface area contributed by atoms with Crippen molar-refractivity contribution in [2.45, 2.75) is 32.4 Å². The van der Waals surface area contributed by atoms with Crippen LogP contribution in [0.2, 0.25) is 0 Å². The maximum atomic E-state index is 8.99. The zero-order valence-corrected chi connectivity index (χ0v) is 11.7. The van der Waals surface area contributed by atoms with Gasteiger partial charge in [-0.15, -0.1) is 11.3 Å². The molecule has 2 atom stereocenters. The Morgan fingerprint density at radius 2 is 2.38 bits per heavy atom. The number of aliphatic hydroxyl groups excluding tert-OH is 1. The summed E-state index contributed by atoms with van der Waals surface area (Å²) in [5, 5.41) is 13.6. The average molecular weight is 260 g/mol. The van der Waals surface area contributed by atoms with E-state index < -0.39 is 0 Å². The highest BCUT2D eigenvalue weighted by atomic mass is 32.2. The van der Waals surface area contributed by atoms with Crippen molar-refractivity contribution in [1.82, 2.24) is 10.3 Å². The van der Waals surface area contributed by atoms with E-state index in [0.717, 1.165) is 17.2 Å². The van der Waals surface area contributed by atoms with Gasteiger partial charge in [0.15, 0.2) is 0 Å². The van der Waals surface area contributed by atoms with Crippen LogP contribution in [-0.4, -0.2) is 34.7 Å². The Bertz CT molecular complexity index is 298. The Morgan fingerprint density at radius 1 is 1.62 bits per heavy atom. The molecule has 0 spiro atoms.